The van der Waals surface area contributed by atoms with E-state index < -0.39 is 0 Å². The van der Waals surface area contributed by atoms with Crippen LogP contribution in [0, 0.1) is 11.3 Å². The maximum absolute atomic E-state index is 12.3. The van der Waals surface area contributed by atoms with Gasteiger partial charge in [0.25, 0.3) is 5.91 Å². The predicted octanol–water partition coefficient (Wildman–Crippen LogP) is 4.02. The highest BCUT2D eigenvalue weighted by Crippen LogP contribution is 2.51. The molecule has 1 aliphatic rings. The fraction of sp³-hybridized carbons (Fsp3) is 0.625. The predicted molar refractivity (Wildman–Crippen MR) is 82.2 cm³/mol. The Labute approximate surface area is 126 Å². The number of aromatic nitrogens is 1. The van der Waals surface area contributed by atoms with Gasteiger partial charge in [-0.3, -0.25) is 4.79 Å². The first kappa shape index (κ1) is 15.3. The number of pyridine rings is 1. The van der Waals surface area contributed by atoms with Crippen molar-refractivity contribution < 1.29 is 4.79 Å². The second kappa shape index (κ2) is 5.72. The van der Waals surface area contributed by atoms with Crippen LogP contribution >= 0.6 is 11.6 Å². The Hall–Kier alpha value is -1.09. The fourth-order valence-electron chi connectivity index (χ4n) is 2.42. The number of amides is 1. The Bertz CT molecular complexity index is 507. The van der Waals surface area contributed by atoms with Crippen molar-refractivity contribution in [3.05, 3.63) is 28.5 Å². The van der Waals surface area contributed by atoms with Gasteiger partial charge in [0.15, 0.2) is 0 Å². The third-order valence-corrected chi connectivity index (χ3v) is 4.58. The van der Waals surface area contributed by atoms with Gasteiger partial charge in [0, 0.05) is 17.8 Å². The Morgan fingerprint density at radius 3 is 2.50 bits per heavy atom. The quantitative estimate of drug-likeness (QED) is 0.833. The van der Waals surface area contributed by atoms with Crippen LogP contribution in [0.1, 0.15) is 62.5 Å². The van der Waals surface area contributed by atoms with Crippen LogP contribution in [0.4, 0.5) is 0 Å². The van der Waals surface area contributed by atoms with E-state index in [2.05, 4.69) is 24.1 Å². The highest BCUT2D eigenvalue weighted by molar-refractivity contribution is 6.29. The fourth-order valence-corrected chi connectivity index (χ4v) is 2.64. The number of hydrogen-bond acceptors (Lipinski definition) is 2. The van der Waals surface area contributed by atoms with Crippen LogP contribution in [-0.4, -0.2) is 17.4 Å². The zero-order chi connectivity index (χ0) is 14.9. The summed E-state index contributed by atoms with van der Waals surface area (Å²) in [6.45, 7) is 9.27. The molecule has 2 rings (SSSR count). The first-order valence-corrected chi connectivity index (χ1v) is 7.67. The van der Waals surface area contributed by atoms with Crippen molar-refractivity contribution >= 4 is 17.5 Å². The van der Waals surface area contributed by atoms with E-state index >= 15 is 0 Å². The number of carbonyl (C=O) groups excluding carboxylic acids is 1. The van der Waals surface area contributed by atoms with Gasteiger partial charge in [0.2, 0.25) is 0 Å². The Balaban J connectivity index is 2.06. The summed E-state index contributed by atoms with van der Waals surface area (Å²) in [6.07, 6.45) is 2.42. The molecule has 1 saturated carbocycles. The van der Waals surface area contributed by atoms with Crippen LogP contribution in [0.5, 0.6) is 0 Å². The van der Waals surface area contributed by atoms with E-state index in [1.807, 2.05) is 19.9 Å². The molecule has 0 radical (unpaired) electrons. The molecule has 110 valence electrons. The Kier molecular flexibility index (Phi) is 4.38. The van der Waals surface area contributed by atoms with Gasteiger partial charge in [-0.05, 0) is 42.2 Å². The van der Waals surface area contributed by atoms with Gasteiger partial charge in [0.05, 0.1) is 0 Å². The van der Waals surface area contributed by atoms with Gasteiger partial charge in [-0.1, -0.05) is 39.3 Å². The first-order chi connectivity index (χ1) is 9.34. The van der Waals surface area contributed by atoms with Crippen molar-refractivity contribution in [2.75, 3.05) is 6.54 Å². The van der Waals surface area contributed by atoms with Gasteiger partial charge in [-0.25, -0.2) is 4.98 Å². The third-order valence-electron chi connectivity index (χ3n) is 4.39. The number of nitrogens with one attached hydrogen (secondary N) is 1. The first-order valence-electron chi connectivity index (χ1n) is 7.30. The van der Waals surface area contributed by atoms with Crippen molar-refractivity contribution in [3.8, 4) is 0 Å². The maximum Gasteiger partial charge on any atom is 0.251 e. The number of halogens is 1. The largest absolute Gasteiger partial charge is 0.351 e. The van der Waals surface area contributed by atoms with Crippen molar-refractivity contribution in [2.45, 2.75) is 46.5 Å². The minimum atomic E-state index is -0.0527. The maximum atomic E-state index is 12.3. The van der Waals surface area contributed by atoms with Gasteiger partial charge >= 0.3 is 0 Å². The smallest absolute Gasteiger partial charge is 0.251 e. The van der Waals surface area contributed by atoms with E-state index in [9.17, 15) is 4.79 Å². The molecule has 0 spiro atoms. The molecule has 1 aliphatic carbocycles. The van der Waals surface area contributed by atoms with Crippen LogP contribution in [0.2, 0.25) is 5.15 Å². The monoisotopic (exact) mass is 294 g/mol. The summed E-state index contributed by atoms with van der Waals surface area (Å²) in [5.41, 5.74) is 1.77. The zero-order valence-corrected chi connectivity index (χ0v) is 13.4. The summed E-state index contributed by atoms with van der Waals surface area (Å²) >= 11 is 6.00. The molecule has 1 heterocycles. The van der Waals surface area contributed by atoms with E-state index in [0.717, 1.165) is 12.2 Å². The average Bonchev–Trinajstić information content (AvgIpc) is 3.16. The van der Waals surface area contributed by atoms with Gasteiger partial charge in [0.1, 0.15) is 5.15 Å². The summed E-state index contributed by atoms with van der Waals surface area (Å²) in [5, 5.41) is 3.43. The molecule has 1 N–H and O–H groups in total. The lowest BCUT2D eigenvalue weighted by Gasteiger charge is -2.20. The topological polar surface area (TPSA) is 42.0 Å². The highest BCUT2D eigenvalue weighted by Gasteiger charge is 2.45. The molecule has 0 unspecified atom stereocenters. The van der Waals surface area contributed by atoms with Gasteiger partial charge < -0.3 is 5.32 Å². The average molecular weight is 295 g/mol. The highest BCUT2D eigenvalue weighted by atomic mass is 35.5. The number of hydrogen-bond donors (Lipinski definition) is 1. The lowest BCUT2D eigenvalue weighted by molar-refractivity contribution is 0.0939. The number of nitrogens with zero attached hydrogens (tertiary/aromatic N) is 1. The Morgan fingerprint density at radius 1 is 1.35 bits per heavy atom. The third kappa shape index (κ3) is 3.32. The van der Waals surface area contributed by atoms with Crippen molar-refractivity contribution in [3.63, 3.8) is 0 Å². The minimum absolute atomic E-state index is 0.0527. The summed E-state index contributed by atoms with van der Waals surface area (Å²) in [7, 11) is 0. The van der Waals surface area contributed by atoms with E-state index in [4.69, 9.17) is 11.6 Å². The summed E-state index contributed by atoms with van der Waals surface area (Å²) in [4.78, 5) is 16.5. The molecular weight excluding hydrogens is 272 g/mol. The lowest BCUT2D eigenvalue weighted by Crippen LogP contribution is -2.32. The molecule has 4 heteroatoms. The van der Waals surface area contributed by atoms with Crippen molar-refractivity contribution in [2.24, 2.45) is 11.3 Å². The van der Waals surface area contributed by atoms with Crippen LogP contribution in [0.3, 0.4) is 0 Å². The normalized spacial score (nSPS) is 16.6. The number of rotatable bonds is 5. The molecular formula is C16H23ClN2O. The van der Waals surface area contributed by atoms with Gasteiger partial charge in [-0.2, -0.15) is 0 Å². The van der Waals surface area contributed by atoms with E-state index in [1.165, 1.54) is 12.8 Å². The molecule has 0 aromatic carbocycles. The van der Waals surface area contributed by atoms with Crippen LogP contribution in [0.25, 0.3) is 0 Å². The molecule has 3 nitrogen and oxygen atoms in total. The second-order valence-electron chi connectivity index (χ2n) is 6.46. The molecule has 0 saturated heterocycles. The number of carbonyl (C=O) groups is 1. The second-order valence-corrected chi connectivity index (χ2v) is 6.85. The summed E-state index contributed by atoms with van der Waals surface area (Å²) in [5.74, 6) is 0.809. The van der Waals surface area contributed by atoms with Crippen molar-refractivity contribution in [1.29, 1.82) is 0 Å². The molecule has 1 fully saturated rings. The summed E-state index contributed by atoms with van der Waals surface area (Å²) in [6, 6.07) is 3.47. The molecule has 20 heavy (non-hydrogen) atoms. The molecule has 1 aromatic heterocycles. The van der Waals surface area contributed by atoms with Crippen molar-refractivity contribution in [1.82, 2.24) is 10.3 Å². The van der Waals surface area contributed by atoms with Crippen LogP contribution in [0.15, 0.2) is 12.1 Å². The molecule has 0 atom stereocenters. The zero-order valence-electron chi connectivity index (χ0n) is 12.7. The van der Waals surface area contributed by atoms with E-state index in [0.29, 0.717) is 22.0 Å². The van der Waals surface area contributed by atoms with E-state index in [-0.39, 0.29) is 11.8 Å². The van der Waals surface area contributed by atoms with Gasteiger partial charge in [-0.15, -0.1) is 0 Å². The SMILES string of the molecule is CC(C)c1cc(C(=O)NCC2(C(C)C)CC2)cc(Cl)n1. The Morgan fingerprint density at radius 2 is 2.00 bits per heavy atom. The molecule has 0 aliphatic heterocycles. The van der Waals surface area contributed by atoms with Crippen LogP contribution < -0.4 is 5.32 Å². The minimum Gasteiger partial charge on any atom is -0.351 e. The van der Waals surface area contributed by atoms with E-state index in [1.54, 1.807) is 6.07 Å². The lowest BCUT2D eigenvalue weighted by atomic mass is 9.92. The summed E-state index contributed by atoms with van der Waals surface area (Å²) < 4.78 is 0. The molecule has 1 amide bonds. The van der Waals surface area contributed by atoms with Crippen LogP contribution in [-0.2, 0) is 0 Å². The molecule has 1 aromatic rings. The molecule has 0 bridgehead atoms. The standard InChI is InChI=1S/C16H23ClN2O/c1-10(2)13-7-12(8-14(17)19-13)15(20)18-9-16(5-6-16)11(3)4/h7-8,10-11H,5-6,9H2,1-4H3,(H,18,20).